The normalized spacial score (nSPS) is 21.8. The summed E-state index contributed by atoms with van der Waals surface area (Å²) in [5.41, 5.74) is -1.26. The molecule has 9 heteroatoms. The number of benzene rings is 1. The molecule has 0 amide bonds. The van der Waals surface area contributed by atoms with E-state index in [0.29, 0.717) is 0 Å². The minimum atomic E-state index is -3.29. The first-order chi connectivity index (χ1) is 11.9. The van der Waals surface area contributed by atoms with Crippen LogP contribution in [0.1, 0.15) is 23.0 Å². The Labute approximate surface area is 139 Å². The average Bonchev–Trinajstić information content (AvgIpc) is 2.87. The van der Waals surface area contributed by atoms with Crippen LogP contribution in [0.2, 0.25) is 0 Å². The van der Waals surface area contributed by atoms with E-state index in [2.05, 4.69) is 0 Å². The third-order valence-corrected chi connectivity index (χ3v) is 3.78. The monoisotopic (exact) mass is 352 g/mol. The highest BCUT2D eigenvalue weighted by Gasteiger charge is 2.51. The molecule has 0 spiro atoms. The fraction of sp³-hybridized carbons (Fsp3) is 0.312. The molecule has 25 heavy (non-hydrogen) atoms. The third-order valence-electron chi connectivity index (χ3n) is 3.78. The minimum absolute atomic E-state index is 0.234. The van der Waals surface area contributed by atoms with E-state index in [1.165, 1.54) is 12.1 Å². The van der Waals surface area contributed by atoms with Gasteiger partial charge in [0.1, 0.15) is 12.8 Å². The van der Waals surface area contributed by atoms with Crippen molar-refractivity contribution in [1.29, 1.82) is 0 Å². The van der Waals surface area contributed by atoms with Crippen LogP contribution < -0.4 is 11.2 Å². The van der Waals surface area contributed by atoms with Gasteiger partial charge >= 0.3 is 11.7 Å². The second kappa shape index (κ2) is 6.60. The summed E-state index contributed by atoms with van der Waals surface area (Å²) in [4.78, 5) is 36.5. The van der Waals surface area contributed by atoms with Gasteiger partial charge in [0.2, 0.25) is 0 Å². The van der Waals surface area contributed by atoms with Gasteiger partial charge in [-0.15, -0.1) is 0 Å². The van der Waals surface area contributed by atoms with Gasteiger partial charge in [0.15, 0.2) is 6.10 Å². The van der Waals surface area contributed by atoms with Gasteiger partial charge in [-0.2, -0.15) is 0 Å². The quantitative estimate of drug-likeness (QED) is 0.838. The molecule has 0 aliphatic carbocycles. The van der Waals surface area contributed by atoms with E-state index < -0.39 is 48.5 Å². The van der Waals surface area contributed by atoms with Crippen molar-refractivity contribution in [1.82, 2.24) is 9.55 Å². The molecule has 3 rings (SSSR count). The van der Waals surface area contributed by atoms with Gasteiger partial charge in [0.25, 0.3) is 11.5 Å². The lowest BCUT2D eigenvalue weighted by Crippen LogP contribution is -2.33. The number of alkyl halides is 2. The summed E-state index contributed by atoms with van der Waals surface area (Å²) < 4.78 is 39.2. The molecule has 1 aliphatic rings. The molecule has 0 radical (unpaired) electrons. The Kier molecular flexibility index (Phi) is 4.49. The molecule has 0 bridgehead atoms. The molecular weight excluding hydrogens is 338 g/mol. The number of hydrogen-bond acceptors (Lipinski definition) is 5. The van der Waals surface area contributed by atoms with Crippen LogP contribution in [0.25, 0.3) is 0 Å². The van der Waals surface area contributed by atoms with E-state index in [0.717, 1.165) is 16.8 Å². The number of H-pyrrole nitrogens is 1. The zero-order valence-corrected chi connectivity index (χ0v) is 12.9. The Morgan fingerprint density at radius 2 is 2.00 bits per heavy atom. The molecule has 1 aliphatic heterocycles. The number of hydrogen-bond donors (Lipinski definition) is 1. The first kappa shape index (κ1) is 17.0. The molecule has 2 heterocycles. The lowest BCUT2D eigenvalue weighted by atomic mass is 10.1. The van der Waals surface area contributed by atoms with Crippen molar-refractivity contribution in [2.24, 2.45) is 0 Å². The van der Waals surface area contributed by atoms with Gasteiger partial charge in [-0.1, -0.05) is 18.2 Å². The van der Waals surface area contributed by atoms with Gasteiger partial charge in [-0.3, -0.25) is 14.3 Å². The Bertz CT molecular complexity index is 878. The summed E-state index contributed by atoms with van der Waals surface area (Å²) in [6.07, 6.45) is -2.64. The molecule has 1 N–H and O–H groups in total. The predicted octanol–water partition coefficient (Wildman–Crippen LogP) is 1.32. The Morgan fingerprint density at radius 3 is 2.68 bits per heavy atom. The Morgan fingerprint density at radius 1 is 1.28 bits per heavy atom. The van der Waals surface area contributed by atoms with E-state index in [1.54, 1.807) is 18.2 Å². The number of halogens is 2. The molecular formula is C16H14F2N2O5. The lowest BCUT2D eigenvalue weighted by Gasteiger charge is -2.17. The van der Waals surface area contributed by atoms with Crippen molar-refractivity contribution in [3.05, 3.63) is 69.0 Å². The van der Waals surface area contributed by atoms with Gasteiger partial charge in [0, 0.05) is 12.3 Å². The molecule has 132 valence electrons. The molecule has 1 saturated heterocycles. The number of esters is 1. The van der Waals surface area contributed by atoms with E-state index in [9.17, 15) is 23.2 Å². The van der Waals surface area contributed by atoms with E-state index in [4.69, 9.17) is 9.47 Å². The van der Waals surface area contributed by atoms with Crippen molar-refractivity contribution in [2.45, 2.75) is 24.7 Å². The smallest absolute Gasteiger partial charge is 0.338 e. The fourth-order valence-electron chi connectivity index (χ4n) is 2.49. The first-order valence-electron chi connectivity index (χ1n) is 7.44. The second-order valence-electron chi connectivity index (χ2n) is 5.53. The molecule has 1 aromatic heterocycles. The third kappa shape index (κ3) is 3.66. The Balaban J connectivity index is 1.69. The molecule has 1 fully saturated rings. The maximum absolute atomic E-state index is 14.1. The zero-order chi connectivity index (χ0) is 18.0. The van der Waals surface area contributed by atoms with Crippen molar-refractivity contribution in [2.75, 3.05) is 6.61 Å². The Hall–Kier alpha value is -2.81. The number of nitrogens with zero attached hydrogens (tertiary/aromatic N) is 1. The van der Waals surface area contributed by atoms with E-state index >= 15 is 0 Å². The largest absolute Gasteiger partial charge is 0.459 e. The molecule has 2 atom stereocenters. The summed E-state index contributed by atoms with van der Waals surface area (Å²) in [5.74, 6) is -4.04. The topological polar surface area (TPSA) is 90.4 Å². The lowest BCUT2D eigenvalue weighted by molar-refractivity contribution is -0.105. The maximum atomic E-state index is 14.1. The summed E-state index contributed by atoms with van der Waals surface area (Å²) in [7, 11) is 0. The van der Waals surface area contributed by atoms with Gasteiger partial charge in [-0.25, -0.2) is 18.4 Å². The standard InChI is InChI=1S/C16H14F2N2O5/c17-16(18)8-13(20-7-6-12(21)19-15(20)23)25-11(16)9-24-14(22)10-4-2-1-3-5-10/h1-7,11,13H,8-9H2,(H,19,21,23)/t11-,13-/m0/s1. The minimum Gasteiger partial charge on any atom is -0.459 e. The van der Waals surface area contributed by atoms with Crippen LogP contribution in [-0.2, 0) is 9.47 Å². The van der Waals surface area contributed by atoms with Crippen molar-refractivity contribution in [3.8, 4) is 0 Å². The first-order valence-corrected chi connectivity index (χ1v) is 7.44. The number of aromatic nitrogens is 2. The zero-order valence-electron chi connectivity index (χ0n) is 12.9. The van der Waals surface area contributed by atoms with Gasteiger partial charge < -0.3 is 9.47 Å². The fourth-order valence-corrected chi connectivity index (χ4v) is 2.49. The van der Waals surface area contributed by atoms with Crippen LogP contribution in [0, 0.1) is 0 Å². The summed E-state index contributed by atoms with van der Waals surface area (Å²) in [6, 6.07) is 8.98. The van der Waals surface area contributed by atoms with Crippen molar-refractivity contribution in [3.63, 3.8) is 0 Å². The van der Waals surface area contributed by atoms with Crippen LogP contribution in [0.5, 0.6) is 0 Å². The molecule has 0 unspecified atom stereocenters. The highest BCUT2D eigenvalue weighted by Crippen LogP contribution is 2.40. The van der Waals surface area contributed by atoms with Crippen LogP contribution in [0.4, 0.5) is 8.78 Å². The predicted molar refractivity (Wildman–Crippen MR) is 81.5 cm³/mol. The van der Waals surface area contributed by atoms with Crippen LogP contribution in [-0.4, -0.2) is 34.2 Å². The summed E-state index contributed by atoms with van der Waals surface area (Å²) in [6.45, 7) is -0.657. The summed E-state index contributed by atoms with van der Waals surface area (Å²) >= 11 is 0. The van der Waals surface area contributed by atoms with Gasteiger partial charge in [0.05, 0.1) is 12.0 Å². The van der Waals surface area contributed by atoms with Crippen LogP contribution in [0.15, 0.2) is 52.2 Å². The van der Waals surface area contributed by atoms with Crippen LogP contribution >= 0.6 is 0 Å². The molecule has 1 aromatic carbocycles. The van der Waals surface area contributed by atoms with Crippen molar-refractivity contribution >= 4 is 5.97 Å². The number of ether oxygens (including phenoxy) is 2. The highest BCUT2D eigenvalue weighted by atomic mass is 19.3. The maximum Gasteiger partial charge on any atom is 0.338 e. The number of aromatic amines is 1. The number of rotatable bonds is 4. The average molecular weight is 352 g/mol. The van der Waals surface area contributed by atoms with Crippen molar-refractivity contribution < 1.29 is 23.0 Å². The summed E-state index contributed by atoms with van der Waals surface area (Å²) in [5, 5.41) is 0. The van der Waals surface area contributed by atoms with E-state index in [-0.39, 0.29) is 5.56 Å². The second-order valence-corrected chi connectivity index (χ2v) is 5.53. The highest BCUT2D eigenvalue weighted by molar-refractivity contribution is 5.89. The van der Waals surface area contributed by atoms with Gasteiger partial charge in [-0.05, 0) is 12.1 Å². The van der Waals surface area contributed by atoms with E-state index in [1.807, 2.05) is 4.98 Å². The number of nitrogens with one attached hydrogen (secondary N) is 1. The molecule has 7 nitrogen and oxygen atoms in total. The SMILES string of the molecule is O=C(OC[C@@H]1O[C@H](n2ccc(=O)[nH]c2=O)CC1(F)F)c1ccccc1. The molecule has 0 saturated carbocycles. The number of carbonyl (C=O) groups is 1. The molecule has 2 aromatic rings. The van der Waals surface area contributed by atoms with Crippen LogP contribution in [0.3, 0.4) is 0 Å². The number of carbonyl (C=O) groups excluding carboxylic acids is 1.